The summed E-state index contributed by atoms with van der Waals surface area (Å²) in [6.45, 7) is 10.5. The van der Waals surface area contributed by atoms with Crippen LogP contribution in [0.3, 0.4) is 0 Å². The summed E-state index contributed by atoms with van der Waals surface area (Å²) < 4.78 is 10.7. The molecule has 4 bridgehead atoms. The summed E-state index contributed by atoms with van der Waals surface area (Å²) in [6.07, 6.45) is 7.46. The molecule has 0 radical (unpaired) electrons. The molecule has 1 aromatic rings. The Morgan fingerprint density at radius 1 is 0.857 bits per heavy atom. The van der Waals surface area contributed by atoms with Gasteiger partial charge >= 0.3 is 11.9 Å². The van der Waals surface area contributed by atoms with Crippen molar-refractivity contribution in [2.75, 3.05) is 0 Å². The van der Waals surface area contributed by atoms with Gasteiger partial charge in [0.25, 0.3) is 0 Å². The van der Waals surface area contributed by atoms with Gasteiger partial charge in [-0.2, -0.15) is 0 Å². The highest BCUT2D eigenvalue weighted by Crippen LogP contribution is 2.57. The Bertz CT molecular complexity index is 727. The highest BCUT2D eigenvalue weighted by atomic mass is 16.6. The minimum absolute atomic E-state index is 0.106. The minimum Gasteiger partial charge on any atom is -0.456 e. The van der Waals surface area contributed by atoms with Gasteiger partial charge in [0.1, 0.15) is 11.4 Å². The lowest BCUT2D eigenvalue weighted by atomic mass is 9.54. The normalized spacial score (nSPS) is 29.3. The molecular weight excluding hydrogens is 352 g/mol. The first-order chi connectivity index (χ1) is 13.3. The smallest absolute Gasteiger partial charge is 0.338 e. The molecule has 4 aliphatic carbocycles. The fourth-order valence-corrected chi connectivity index (χ4v) is 5.12. The molecule has 5 rings (SSSR count). The highest BCUT2D eigenvalue weighted by Gasteiger charge is 2.53. The summed E-state index contributed by atoms with van der Waals surface area (Å²) in [6, 6.07) is 8.92. The Labute approximate surface area is 167 Å². The monoisotopic (exact) mass is 382 g/mol. The number of hydrogen-bond donors (Lipinski definition) is 0. The Hall–Kier alpha value is -2.36. The second-order valence-electron chi connectivity index (χ2n) is 8.75. The van der Waals surface area contributed by atoms with E-state index in [1.54, 1.807) is 38.1 Å². The molecule has 150 valence electrons. The van der Waals surface area contributed by atoms with Crippen molar-refractivity contribution in [2.45, 2.75) is 58.0 Å². The maximum absolute atomic E-state index is 11.7. The summed E-state index contributed by atoms with van der Waals surface area (Å²) in [4.78, 5) is 22.7. The second-order valence-corrected chi connectivity index (χ2v) is 8.75. The van der Waals surface area contributed by atoms with Crippen LogP contribution in [0.4, 0.5) is 0 Å². The first-order valence-electron chi connectivity index (χ1n) is 10.1. The number of benzene rings is 1. The van der Waals surface area contributed by atoms with Gasteiger partial charge in [0, 0.05) is 11.1 Å². The van der Waals surface area contributed by atoms with E-state index in [1.165, 1.54) is 19.3 Å². The van der Waals surface area contributed by atoms with Gasteiger partial charge in [-0.15, -0.1) is 0 Å². The van der Waals surface area contributed by atoms with Crippen molar-refractivity contribution in [2.24, 2.45) is 17.8 Å². The zero-order valence-corrected chi connectivity index (χ0v) is 16.9. The van der Waals surface area contributed by atoms with E-state index in [0.717, 1.165) is 37.0 Å². The molecule has 0 aliphatic heterocycles. The third-order valence-electron chi connectivity index (χ3n) is 5.94. The fraction of sp³-hybridized carbons (Fsp3) is 0.500. The van der Waals surface area contributed by atoms with E-state index >= 15 is 0 Å². The van der Waals surface area contributed by atoms with Crippen LogP contribution in [0, 0.1) is 17.8 Å². The summed E-state index contributed by atoms with van der Waals surface area (Å²) in [7, 11) is 0. The predicted octanol–water partition coefficient (Wildman–Crippen LogP) is 5.24. The largest absolute Gasteiger partial charge is 0.456 e. The van der Waals surface area contributed by atoms with Crippen LogP contribution >= 0.6 is 0 Å². The summed E-state index contributed by atoms with van der Waals surface area (Å²) in [5.74, 6) is 2.45. The summed E-state index contributed by atoms with van der Waals surface area (Å²) in [5, 5.41) is 0. The quantitative estimate of drug-likeness (QED) is 0.406. The Balaban J connectivity index is 0.000000169. The second kappa shape index (κ2) is 8.34. The Morgan fingerprint density at radius 2 is 1.32 bits per heavy atom. The summed E-state index contributed by atoms with van der Waals surface area (Å²) >= 11 is 0. The molecule has 1 aromatic carbocycles. The van der Waals surface area contributed by atoms with Gasteiger partial charge in [0.2, 0.25) is 0 Å². The molecule has 0 saturated heterocycles. The molecule has 4 heteroatoms. The summed E-state index contributed by atoms with van der Waals surface area (Å²) in [5.41, 5.74) is 0.833. The number of hydrogen-bond acceptors (Lipinski definition) is 4. The van der Waals surface area contributed by atoms with E-state index in [0.29, 0.717) is 16.9 Å². The van der Waals surface area contributed by atoms with Crippen molar-refractivity contribution in [3.05, 3.63) is 54.6 Å². The average molecular weight is 383 g/mol. The van der Waals surface area contributed by atoms with Crippen molar-refractivity contribution < 1.29 is 19.1 Å². The highest BCUT2D eigenvalue weighted by molar-refractivity contribution is 5.88. The number of carbonyl (C=O) groups is 2. The lowest BCUT2D eigenvalue weighted by Crippen LogP contribution is -2.52. The van der Waals surface area contributed by atoms with Crippen LogP contribution in [0.5, 0.6) is 5.75 Å². The van der Waals surface area contributed by atoms with Gasteiger partial charge in [-0.25, -0.2) is 9.59 Å². The van der Waals surface area contributed by atoms with Crippen LogP contribution in [0.2, 0.25) is 0 Å². The van der Waals surface area contributed by atoms with Crippen LogP contribution in [0.15, 0.2) is 54.6 Å². The number of carbonyl (C=O) groups excluding carboxylic acids is 2. The molecule has 0 aromatic heterocycles. The standard InChI is InChI=1S/C14H20O2.C10H10O2/c1-9(2)13(15)16-14-6-10-3-11(7-14)5-12(4-10)8-14;1-8(2)10(11)12-9-6-4-3-5-7-9/h10-12H,1,3-8H2,2H3;3-7H,1H2,2H3. The van der Waals surface area contributed by atoms with E-state index in [2.05, 4.69) is 13.2 Å². The van der Waals surface area contributed by atoms with Gasteiger partial charge in [-0.3, -0.25) is 0 Å². The minimum atomic E-state index is -0.388. The van der Waals surface area contributed by atoms with E-state index in [4.69, 9.17) is 9.47 Å². The van der Waals surface area contributed by atoms with Crippen LogP contribution in [0.1, 0.15) is 52.4 Å². The van der Waals surface area contributed by atoms with Crippen LogP contribution in [-0.2, 0) is 14.3 Å². The molecule has 4 aliphatic rings. The van der Waals surface area contributed by atoms with Crippen LogP contribution in [-0.4, -0.2) is 17.5 Å². The van der Waals surface area contributed by atoms with Gasteiger partial charge in [0.05, 0.1) is 0 Å². The van der Waals surface area contributed by atoms with Gasteiger partial charge < -0.3 is 9.47 Å². The zero-order valence-electron chi connectivity index (χ0n) is 16.9. The molecule has 4 fully saturated rings. The topological polar surface area (TPSA) is 52.6 Å². The third-order valence-corrected chi connectivity index (χ3v) is 5.94. The van der Waals surface area contributed by atoms with Crippen molar-refractivity contribution in [1.29, 1.82) is 0 Å². The molecule has 28 heavy (non-hydrogen) atoms. The SMILES string of the molecule is C=C(C)C(=O)OC12CC3CC(CC(C3)C1)C2.C=C(C)C(=O)Oc1ccccc1. The van der Waals surface area contributed by atoms with Crippen molar-refractivity contribution in [3.8, 4) is 5.75 Å². The molecular formula is C24H30O4. The Morgan fingerprint density at radius 3 is 1.75 bits per heavy atom. The first-order valence-corrected chi connectivity index (χ1v) is 10.1. The molecule has 0 N–H and O–H groups in total. The first kappa shape index (κ1) is 20.4. The van der Waals surface area contributed by atoms with E-state index in [9.17, 15) is 9.59 Å². The average Bonchev–Trinajstić information content (AvgIpc) is 2.61. The molecule has 4 saturated carbocycles. The zero-order chi connectivity index (χ0) is 20.3. The maximum Gasteiger partial charge on any atom is 0.338 e. The third kappa shape index (κ3) is 4.92. The number of rotatable bonds is 4. The lowest BCUT2D eigenvalue weighted by molar-refractivity contribution is -0.182. The van der Waals surface area contributed by atoms with Crippen LogP contribution in [0.25, 0.3) is 0 Å². The molecule has 0 atom stereocenters. The molecule has 0 amide bonds. The van der Waals surface area contributed by atoms with E-state index < -0.39 is 0 Å². The molecule has 0 heterocycles. The van der Waals surface area contributed by atoms with Crippen molar-refractivity contribution in [1.82, 2.24) is 0 Å². The molecule has 0 spiro atoms. The van der Waals surface area contributed by atoms with E-state index in [-0.39, 0.29) is 17.5 Å². The molecule has 4 nitrogen and oxygen atoms in total. The number of para-hydroxylation sites is 1. The van der Waals surface area contributed by atoms with Gasteiger partial charge in [-0.1, -0.05) is 31.4 Å². The molecule has 0 unspecified atom stereocenters. The lowest BCUT2D eigenvalue weighted by Gasteiger charge is -2.55. The fourth-order valence-electron chi connectivity index (χ4n) is 5.12. The van der Waals surface area contributed by atoms with Gasteiger partial charge in [-0.05, 0) is 82.3 Å². The number of esters is 2. The van der Waals surface area contributed by atoms with Crippen LogP contribution < -0.4 is 4.74 Å². The Kier molecular flexibility index (Phi) is 6.07. The van der Waals surface area contributed by atoms with Crippen molar-refractivity contribution >= 4 is 11.9 Å². The van der Waals surface area contributed by atoms with Gasteiger partial charge in [0.15, 0.2) is 0 Å². The van der Waals surface area contributed by atoms with E-state index in [1.807, 2.05) is 6.07 Å². The number of ether oxygens (including phenoxy) is 2. The predicted molar refractivity (Wildman–Crippen MR) is 109 cm³/mol. The maximum atomic E-state index is 11.7. The van der Waals surface area contributed by atoms with Crippen molar-refractivity contribution in [3.63, 3.8) is 0 Å².